The number of rotatable bonds is 5. The first kappa shape index (κ1) is 17.2. The summed E-state index contributed by atoms with van der Waals surface area (Å²) in [7, 11) is 0. The van der Waals surface area contributed by atoms with Gasteiger partial charge in [-0.05, 0) is 36.5 Å². The van der Waals surface area contributed by atoms with Gasteiger partial charge < -0.3 is 0 Å². The van der Waals surface area contributed by atoms with E-state index in [0.717, 1.165) is 5.56 Å². The summed E-state index contributed by atoms with van der Waals surface area (Å²) in [4.78, 5) is 23.0. The molecule has 3 nitrogen and oxygen atoms in total. The highest BCUT2D eigenvalue weighted by atomic mass is 17.2. The van der Waals surface area contributed by atoms with Gasteiger partial charge in [0.15, 0.2) is 0 Å². The van der Waals surface area contributed by atoms with Crippen LogP contribution in [0.4, 0.5) is 0 Å². The lowest BCUT2D eigenvalue weighted by Gasteiger charge is -2.34. The third-order valence-corrected chi connectivity index (χ3v) is 3.56. The highest BCUT2D eigenvalue weighted by Crippen LogP contribution is 2.37. The second kappa shape index (κ2) is 6.97. The molecule has 0 aromatic heterocycles. The Balaban J connectivity index is 2.17. The van der Waals surface area contributed by atoms with Crippen molar-refractivity contribution in [1.29, 1.82) is 0 Å². The lowest BCUT2D eigenvalue weighted by Crippen LogP contribution is -2.32. The van der Waals surface area contributed by atoms with Gasteiger partial charge in [0.25, 0.3) is 0 Å². The van der Waals surface area contributed by atoms with E-state index in [9.17, 15) is 4.79 Å². The van der Waals surface area contributed by atoms with Gasteiger partial charge >= 0.3 is 5.97 Å². The molecular formula is C20H24O3. The van der Waals surface area contributed by atoms with E-state index in [-0.39, 0.29) is 5.41 Å². The highest BCUT2D eigenvalue weighted by Gasteiger charge is 2.35. The van der Waals surface area contributed by atoms with Crippen molar-refractivity contribution < 1.29 is 14.6 Å². The minimum Gasteiger partial charge on any atom is -0.292 e. The summed E-state index contributed by atoms with van der Waals surface area (Å²) in [6.07, 6.45) is 0.714. The van der Waals surface area contributed by atoms with Crippen molar-refractivity contribution in [2.45, 2.75) is 39.7 Å². The van der Waals surface area contributed by atoms with Crippen LogP contribution in [-0.4, -0.2) is 5.97 Å². The summed E-state index contributed by atoms with van der Waals surface area (Å²) in [5.41, 5.74) is 0.766. The Hall–Kier alpha value is -2.13. The molecule has 23 heavy (non-hydrogen) atoms. The smallest absolute Gasteiger partial charge is 0.292 e. The van der Waals surface area contributed by atoms with Crippen molar-refractivity contribution in [3.05, 3.63) is 71.8 Å². The van der Waals surface area contributed by atoms with Crippen molar-refractivity contribution in [1.82, 2.24) is 0 Å². The molecule has 0 heterocycles. The molecule has 0 N–H and O–H groups in total. The monoisotopic (exact) mass is 312 g/mol. The summed E-state index contributed by atoms with van der Waals surface area (Å²) < 4.78 is 0. The summed E-state index contributed by atoms with van der Waals surface area (Å²) in [6, 6.07) is 18.7. The van der Waals surface area contributed by atoms with Gasteiger partial charge in [0.1, 0.15) is 5.60 Å². The molecule has 2 aromatic rings. The molecule has 0 aliphatic heterocycles. The molecule has 122 valence electrons. The summed E-state index contributed by atoms with van der Waals surface area (Å²) in [6.45, 7) is 8.36. The molecule has 3 heteroatoms. The first-order chi connectivity index (χ1) is 10.8. The summed E-state index contributed by atoms with van der Waals surface area (Å²) in [5.74, 6) is -0.485. The van der Waals surface area contributed by atoms with Crippen molar-refractivity contribution in [2.24, 2.45) is 5.41 Å². The van der Waals surface area contributed by atoms with E-state index >= 15 is 0 Å². The standard InChI is InChI=1S/C20H24O3/c1-19(2,3)15-20(4,17-13-9-6-10-14-17)23-22-18(21)16-11-7-5-8-12-16/h5-14H,15H2,1-4H3. The van der Waals surface area contributed by atoms with Crippen molar-refractivity contribution in [3.8, 4) is 0 Å². The maximum atomic E-state index is 12.1. The zero-order valence-electron chi connectivity index (χ0n) is 14.2. The highest BCUT2D eigenvalue weighted by molar-refractivity contribution is 5.88. The van der Waals surface area contributed by atoms with Crippen molar-refractivity contribution in [2.75, 3.05) is 0 Å². The van der Waals surface area contributed by atoms with Crippen LogP contribution in [0.1, 0.15) is 50.0 Å². The summed E-state index contributed by atoms with van der Waals surface area (Å²) >= 11 is 0. The van der Waals surface area contributed by atoms with E-state index in [1.165, 1.54) is 0 Å². The quantitative estimate of drug-likeness (QED) is 0.567. The zero-order chi connectivity index (χ0) is 16.9. The van der Waals surface area contributed by atoms with E-state index in [1.54, 1.807) is 24.3 Å². The van der Waals surface area contributed by atoms with Gasteiger partial charge in [-0.1, -0.05) is 69.3 Å². The first-order valence-corrected chi connectivity index (χ1v) is 7.81. The predicted octanol–water partition coefficient (Wildman–Crippen LogP) is 5.13. The minimum absolute atomic E-state index is 0.0176. The molecule has 2 rings (SSSR count). The Kier molecular flexibility index (Phi) is 5.22. The van der Waals surface area contributed by atoms with Gasteiger partial charge in [-0.15, -0.1) is 0 Å². The van der Waals surface area contributed by atoms with Crippen molar-refractivity contribution in [3.63, 3.8) is 0 Å². The molecule has 0 radical (unpaired) electrons. The third-order valence-electron chi connectivity index (χ3n) is 3.56. The van der Waals surface area contributed by atoms with Crippen LogP contribution in [0.3, 0.4) is 0 Å². The zero-order valence-corrected chi connectivity index (χ0v) is 14.2. The van der Waals surface area contributed by atoms with Crippen LogP contribution in [0.15, 0.2) is 60.7 Å². The lowest BCUT2D eigenvalue weighted by atomic mass is 9.79. The Morgan fingerprint density at radius 2 is 1.39 bits per heavy atom. The van der Waals surface area contributed by atoms with Gasteiger partial charge in [0.05, 0.1) is 5.56 Å². The predicted molar refractivity (Wildman–Crippen MR) is 90.8 cm³/mol. The van der Waals surface area contributed by atoms with Crippen LogP contribution < -0.4 is 0 Å². The van der Waals surface area contributed by atoms with E-state index in [4.69, 9.17) is 9.78 Å². The number of benzene rings is 2. The Morgan fingerprint density at radius 3 is 1.91 bits per heavy atom. The van der Waals surface area contributed by atoms with E-state index in [1.807, 2.05) is 43.3 Å². The topological polar surface area (TPSA) is 35.5 Å². The van der Waals surface area contributed by atoms with Gasteiger partial charge in [0.2, 0.25) is 0 Å². The maximum Gasteiger partial charge on any atom is 0.373 e. The van der Waals surface area contributed by atoms with Crippen LogP contribution >= 0.6 is 0 Å². The summed E-state index contributed by atoms with van der Waals surface area (Å²) in [5, 5.41) is 0. The van der Waals surface area contributed by atoms with E-state index in [0.29, 0.717) is 12.0 Å². The van der Waals surface area contributed by atoms with Gasteiger partial charge in [-0.3, -0.25) is 4.89 Å². The fourth-order valence-electron chi connectivity index (χ4n) is 2.73. The number of carbonyl (C=O) groups is 1. The van der Waals surface area contributed by atoms with Gasteiger partial charge in [0, 0.05) is 0 Å². The van der Waals surface area contributed by atoms with E-state index < -0.39 is 11.6 Å². The molecule has 1 unspecified atom stereocenters. The molecule has 0 aliphatic carbocycles. The van der Waals surface area contributed by atoms with Gasteiger partial charge in [-0.2, -0.15) is 4.89 Å². The van der Waals surface area contributed by atoms with Crippen LogP contribution in [0, 0.1) is 5.41 Å². The molecule has 0 aliphatic rings. The Labute approximate surface area is 138 Å². The molecule has 2 aromatic carbocycles. The molecular weight excluding hydrogens is 288 g/mol. The average Bonchev–Trinajstić information content (AvgIpc) is 2.53. The van der Waals surface area contributed by atoms with Crippen LogP contribution in [0.5, 0.6) is 0 Å². The first-order valence-electron chi connectivity index (χ1n) is 7.81. The SMILES string of the molecule is CC(C)(C)CC(C)(OOC(=O)c1ccccc1)c1ccccc1. The van der Waals surface area contributed by atoms with Gasteiger partial charge in [-0.25, -0.2) is 4.79 Å². The number of hydrogen-bond acceptors (Lipinski definition) is 3. The molecule has 0 amide bonds. The Bertz CT molecular complexity index is 629. The van der Waals surface area contributed by atoms with Crippen LogP contribution in [0.25, 0.3) is 0 Å². The van der Waals surface area contributed by atoms with Crippen molar-refractivity contribution >= 4 is 5.97 Å². The molecule has 0 spiro atoms. The largest absolute Gasteiger partial charge is 0.373 e. The minimum atomic E-state index is -0.704. The number of carbonyl (C=O) groups excluding carboxylic acids is 1. The fourth-order valence-corrected chi connectivity index (χ4v) is 2.73. The van der Waals surface area contributed by atoms with Crippen LogP contribution in [-0.2, 0) is 15.4 Å². The second-order valence-corrected chi connectivity index (χ2v) is 7.15. The third kappa shape index (κ3) is 4.93. The molecule has 0 saturated heterocycles. The Morgan fingerprint density at radius 1 is 0.870 bits per heavy atom. The molecule has 0 saturated carbocycles. The van der Waals surface area contributed by atoms with E-state index in [2.05, 4.69) is 20.8 Å². The maximum absolute atomic E-state index is 12.1. The lowest BCUT2D eigenvalue weighted by molar-refractivity contribution is -0.324. The number of hydrogen-bond donors (Lipinski definition) is 0. The molecule has 0 bridgehead atoms. The van der Waals surface area contributed by atoms with Crippen LogP contribution in [0.2, 0.25) is 0 Å². The fraction of sp³-hybridized carbons (Fsp3) is 0.350. The second-order valence-electron chi connectivity index (χ2n) is 7.15. The molecule has 1 atom stereocenters. The normalized spacial score (nSPS) is 14.1. The average molecular weight is 312 g/mol. The molecule has 0 fully saturated rings.